The van der Waals surface area contributed by atoms with Gasteiger partial charge in [-0.15, -0.1) is 0 Å². The van der Waals surface area contributed by atoms with E-state index in [0.29, 0.717) is 24.7 Å². The van der Waals surface area contributed by atoms with E-state index in [2.05, 4.69) is 10.4 Å². The van der Waals surface area contributed by atoms with Gasteiger partial charge in [0.15, 0.2) is 11.5 Å². The number of nitrogens with one attached hydrogen (secondary N) is 1. The Morgan fingerprint density at radius 2 is 1.90 bits per heavy atom. The van der Waals surface area contributed by atoms with Gasteiger partial charge in [0, 0.05) is 24.9 Å². The molecule has 0 spiro atoms. The minimum absolute atomic E-state index is 0.173. The quantitative estimate of drug-likeness (QED) is 0.840. The number of carbonyl (C=O) groups excluding carboxylic acids is 2. The predicted octanol–water partition coefficient (Wildman–Crippen LogP) is 2.39. The van der Waals surface area contributed by atoms with Gasteiger partial charge >= 0.3 is 0 Å². The number of fused-ring (bicyclic) bond motifs is 1. The Hall–Kier alpha value is -3.42. The molecule has 7 nitrogen and oxygen atoms in total. The van der Waals surface area contributed by atoms with E-state index in [1.54, 1.807) is 12.1 Å². The second-order valence-electron chi connectivity index (χ2n) is 6.75. The second-order valence-corrected chi connectivity index (χ2v) is 6.75. The molecule has 8 heteroatoms. The summed E-state index contributed by atoms with van der Waals surface area (Å²) in [7, 11) is 0. The molecule has 0 saturated carbocycles. The van der Waals surface area contributed by atoms with Crippen LogP contribution in [-0.4, -0.2) is 35.7 Å². The topological polar surface area (TPSA) is 80.2 Å². The van der Waals surface area contributed by atoms with Crippen LogP contribution in [-0.2, 0) is 22.7 Å². The van der Waals surface area contributed by atoms with E-state index in [9.17, 15) is 14.0 Å². The number of hydrogen-bond acceptors (Lipinski definition) is 5. The minimum atomic E-state index is -0.347. The lowest BCUT2D eigenvalue weighted by Gasteiger charge is -2.24. The Labute approximate surface area is 167 Å². The molecule has 150 valence electrons. The Balaban J connectivity index is 1.42. The van der Waals surface area contributed by atoms with E-state index in [-0.39, 0.29) is 49.3 Å². The summed E-state index contributed by atoms with van der Waals surface area (Å²) in [5.74, 6) is 0.441. The standard InChI is InChI=1S/C21H20FN3O4/c22-16-6-4-14(5-7-16)13-25-19(26)9-8-17(24-25)21(27)23-12-15-2-1-3-18-20(15)29-11-10-28-18/h1-7H,8-13H2,(H,23,27). The molecular formula is C21H20FN3O4. The molecule has 2 aliphatic rings. The van der Waals surface area contributed by atoms with Crippen LogP contribution in [0.2, 0.25) is 0 Å². The highest BCUT2D eigenvalue weighted by molar-refractivity contribution is 6.39. The molecule has 2 aromatic rings. The van der Waals surface area contributed by atoms with Gasteiger partial charge in [-0.1, -0.05) is 24.3 Å². The number of benzene rings is 2. The van der Waals surface area contributed by atoms with Crippen LogP contribution in [0.25, 0.3) is 0 Å². The molecule has 4 rings (SSSR count). The fourth-order valence-electron chi connectivity index (χ4n) is 3.20. The molecule has 2 aliphatic heterocycles. The third-order valence-electron chi connectivity index (χ3n) is 4.70. The predicted molar refractivity (Wildman–Crippen MR) is 103 cm³/mol. The summed E-state index contributed by atoms with van der Waals surface area (Å²) in [6.45, 7) is 1.41. The molecule has 1 N–H and O–H groups in total. The first-order chi connectivity index (χ1) is 14.1. The molecular weight excluding hydrogens is 377 g/mol. The zero-order valence-electron chi connectivity index (χ0n) is 15.7. The van der Waals surface area contributed by atoms with Crippen LogP contribution < -0.4 is 14.8 Å². The first-order valence-electron chi connectivity index (χ1n) is 9.38. The van der Waals surface area contributed by atoms with Gasteiger partial charge in [0.2, 0.25) is 5.91 Å². The van der Waals surface area contributed by atoms with E-state index >= 15 is 0 Å². The number of amides is 2. The fourth-order valence-corrected chi connectivity index (χ4v) is 3.20. The fraction of sp³-hybridized carbons (Fsp3) is 0.286. The van der Waals surface area contributed by atoms with Crippen molar-refractivity contribution in [3.8, 4) is 11.5 Å². The SMILES string of the molecule is O=C(NCc1cccc2c1OCCO2)C1=NN(Cc2ccc(F)cc2)C(=O)CC1. The molecule has 2 aromatic carbocycles. The van der Waals surface area contributed by atoms with Crippen LogP contribution in [0.4, 0.5) is 4.39 Å². The lowest BCUT2D eigenvalue weighted by atomic mass is 10.1. The highest BCUT2D eigenvalue weighted by Gasteiger charge is 2.25. The van der Waals surface area contributed by atoms with Crippen LogP contribution in [0.5, 0.6) is 11.5 Å². The summed E-state index contributed by atoms with van der Waals surface area (Å²) >= 11 is 0. The maximum absolute atomic E-state index is 13.1. The molecule has 0 aromatic heterocycles. The molecule has 0 fully saturated rings. The summed E-state index contributed by atoms with van der Waals surface area (Å²) in [5, 5.41) is 8.31. The van der Waals surface area contributed by atoms with Crippen LogP contribution in [0.1, 0.15) is 24.0 Å². The van der Waals surface area contributed by atoms with Crippen molar-refractivity contribution in [2.24, 2.45) is 5.10 Å². The number of nitrogens with zero attached hydrogens (tertiary/aromatic N) is 2. The highest BCUT2D eigenvalue weighted by Crippen LogP contribution is 2.33. The summed E-state index contributed by atoms with van der Waals surface area (Å²) in [5.41, 5.74) is 1.83. The van der Waals surface area contributed by atoms with Crippen molar-refractivity contribution in [3.63, 3.8) is 0 Å². The normalized spacial score (nSPS) is 15.7. The van der Waals surface area contributed by atoms with E-state index < -0.39 is 0 Å². The highest BCUT2D eigenvalue weighted by atomic mass is 19.1. The number of halogens is 1. The van der Waals surface area contributed by atoms with Gasteiger partial charge in [-0.3, -0.25) is 9.59 Å². The zero-order valence-corrected chi connectivity index (χ0v) is 15.7. The molecule has 29 heavy (non-hydrogen) atoms. The van der Waals surface area contributed by atoms with Gasteiger partial charge in [-0.25, -0.2) is 9.40 Å². The number of para-hydroxylation sites is 1. The van der Waals surface area contributed by atoms with Crippen molar-refractivity contribution < 1.29 is 23.5 Å². The summed E-state index contributed by atoms with van der Waals surface area (Å²) in [6, 6.07) is 11.4. The largest absolute Gasteiger partial charge is 0.486 e. The third kappa shape index (κ3) is 4.37. The van der Waals surface area contributed by atoms with Crippen molar-refractivity contribution in [1.82, 2.24) is 10.3 Å². The first kappa shape index (κ1) is 18.9. The molecule has 0 bridgehead atoms. The van der Waals surface area contributed by atoms with Crippen molar-refractivity contribution in [3.05, 3.63) is 59.4 Å². The van der Waals surface area contributed by atoms with Gasteiger partial charge in [0.1, 0.15) is 24.7 Å². The van der Waals surface area contributed by atoms with Crippen molar-refractivity contribution in [2.75, 3.05) is 13.2 Å². The maximum Gasteiger partial charge on any atom is 0.267 e. The van der Waals surface area contributed by atoms with Crippen molar-refractivity contribution in [1.29, 1.82) is 0 Å². The molecule has 0 saturated heterocycles. The Bertz CT molecular complexity index is 959. The molecule has 0 unspecified atom stereocenters. The van der Waals surface area contributed by atoms with E-state index in [4.69, 9.17) is 9.47 Å². The number of carbonyl (C=O) groups is 2. The smallest absolute Gasteiger partial charge is 0.267 e. The Kier molecular flexibility index (Phi) is 5.41. The molecule has 0 atom stereocenters. The maximum atomic E-state index is 13.1. The Morgan fingerprint density at radius 1 is 1.10 bits per heavy atom. The summed E-state index contributed by atoms with van der Waals surface area (Å²) in [6.07, 6.45) is 0.474. The van der Waals surface area contributed by atoms with Crippen LogP contribution in [0.15, 0.2) is 47.6 Å². The number of hydrazone groups is 1. The zero-order chi connectivity index (χ0) is 20.2. The second kappa shape index (κ2) is 8.30. The number of ether oxygens (including phenoxy) is 2. The van der Waals surface area contributed by atoms with Gasteiger partial charge in [0.25, 0.3) is 5.91 Å². The monoisotopic (exact) mass is 397 g/mol. The average molecular weight is 397 g/mol. The molecule has 2 heterocycles. The average Bonchev–Trinajstić information content (AvgIpc) is 2.75. The molecule has 0 aliphatic carbocycles. The Morgan fingerprint density at radius 3 is 2.72 bits per heavy atom. The lowest BCUT2D eigenvalue weighted by molar-refractivity contribution is -0.132. The van der Waals surface area contributed by atoms with E-state index in [0.717, 1.165) is 11.1 Å². The lowest BCUT2D eigenvalue weighted by Crippen LogP contribution is -2.38. The van der Waals surface area contributed by atoms with Crippen molar-refractivity contribution >= 4 is 17.5 Å². The van der Waals surface area contributed by atoms with Gasteiger partial charge < -0.3 is 14.8 Å². The van der Waals surface area contributed by atoms with Crippen LogP contribution >= 0.6 is 0 Å². The minimum Gasteiger partial charge on any atom is -0.486 e. The van der Waals surface area contributed by atoms with Gasteiger partial charge in [-0.05, 0) is 23.8 Å². The van der Waals surface area contributed by atoms with Gasteiger partial charge in [0.05, 0.1) is 6.54 Å². The summed E-state index contributed by atoms with van der Waals surface area (Å²) in [4.78, 5) is 24.7. The molecule has 0 radical (unpaired) electrons. The van der Waals surface area contributed by atoms with Gasteiger partial charge in [-0.2, -0.15) is 5.10 Å². The van der Waals surface area contributed by atoms with E-state index in [1.807, 2.05) is 18.2 Å². The van der Waals surface area contributed by atoms with Crippen LogP contribution in [0, 0.1) is 5.82 Å². The summed E-state index contributed by atoms with van der Waals surface area (Å²) < 4.78 is 24.3. The van der Waals surface area contributed by atoms with E-state index in [1.165, 1.54) is 17.1 Å². The first-order valence-corrected chi connectivity index (χ1v) is 9.38. The van der Waals surface area contributed by atoms with Crippen molar-refractivity contribution in [2.45, 2.75) is 25.9 Å². The number of hydrogen-bond donors (Lipinski definition) is 1. The molecule has 2 amide bonds. The van der Waals surface area contributed by atoms with Crippen LogP contribution in [0.3, 0.4) is 0 Å². The number of rotatable bonds is 5. The third-order valence-corrected chi connectivity index (χ3v) is 4.70.